The number of carbonyl (C=O) groups is 3. The number of ether oxygens (including phenoxy) is 1. The molecule has 0 aromatic heterocycles. The van der Waals surface area contributed by atoms with Gasteiger partial charge in [-0.3, -0.25) is 10.1 Å². The monoisotopic (exact) mass is 294 g/mol. The summed E-state index contributed by atoms with van der Waals surface area (Å²) in [6.07, 6.45) is 1.75. The molecule has 0 radical (unpaired) electrons. The number of unbranched alkanes of at least 4 members (excludes halogenated alkanes) is 1. The third-order valence-corrected chi connectivity index (χ3v) is 2.51. The first kappa shape index (κ1) is 16.5. The Hall–Kier alpha value is -2.57. The van der Waals surface area contributed by atoms with Gasteiger partial charge in [0, 0.05) is 6.54 Å². The van der Waals surface area contributed by atoms with Crippen LogP contribution in [0.3, 0.4) is 0 Å². The molecule has 3 N–H and O–H groups in total. The maximum Gasteiger partial charge on any atom is 0.338 e. The van der Waals surface area contributed by atoms with E-state index >= 15 is 0 Å². The van der Waals surface area contributed by atoms with E-state index in [1.165, 1.54) is 24.3 Å². The molecule has 0 unspecified atom stereocenters. The lowest BCUT2D eigenvalue weighted by Gasteiger charge is -2.07. The number of rotatable bonds is 6. The molecule has 0 aliphatic rings. The van der Waals surface area contributed by atoms with Gasteiger partial charge in [0.1, 0.15) is 5.75 Å². The molecular weight excluding hydrogens is 276 g/mol. The van der Waals surface area contributed by atoms with Crippen molar-refractivity contribution in [2.45, 2.75) is 19.8 Å². The number of carbonyl (C=O) groups excluding carboxylic acids is 3. The van der Waals surface area contributed by atoms with Crippen molar-refractivity contribution in [2.75, 3.05) is 13.2 Å². The Morgan fingerprint density at radius 3 is 2.48 bits per heavy atom. The molecule has 0 saturated heterocycles. The largest absolute Gasteiger partial charge is 0.508 e. The van der Waals surface area contributed by atoms with Gasteiger partial charge < -0.3 is 15.2 Å². The lowest BCUT2D eigenvalue weighted by molar-refractivity contribution is -0.123. The van der Waals surface area contributed by atoms with Gasteiger partial charge in [-0.1, -0.05) is 13.3 Å². The Labute approximate surface area is 122 Å². The van der Waals surface area contributed by atoms with Gasteiger partial charge >= 0.3 is 12.0 Å². The van der Waals surface area contributed by atoms with Crippen molar-refractivity contribution in [1.82, 2.24) is 10.6 Å². The van der Waals surface area contributed by atoms with Crippen LogP contribution < -0.4 is 10.6 Å². The number of aromatic hydroxyl groups is 1. The molecule has 0 heterocycles. The topological polar surface area (TPSA) is 105 Å². The van der Waals surface area contributed by atoms with E-state index in [4.69, 9.17) is 9.84 Å². The maximum atomic E-state index is 11.6. The zero-order valence-electron chi connectivity index (χ0n) is 11.7. The van der Waals surface area contributed by atoms with Crippen LogP contribution in [0.1, 0.15) is 30.1 Å². The van der Waals surface area contributed by atoms with Crippen LogP contribution in [0.25, 0.3) is 0 Å². The summed E-state index contributed by atoms with van der Waals surface area (Å²) in [5.74, 6) is -1.40. The molecule has 1 aromatic rings. The van der Waals surface area contributed by atoms with Gasteiger partial charge in [-0.2, -0.15) is 0 Å². The second-order valence-electron chi connectivity index (χ2n) is 4.28. The molecule has 1 rings (SSSR count). The summed E-state index contributed by atoms with van der Waals surface area (Å²) in [6, 6.07) is 4.78. The number of amides is 3. The van der Waals surface area contributed by atoms with Gasteiger partial charge in [0.15, 0.2) is 6.61 Å². The summed E-state index contributed by atoms with van der Waals surface area (Å²) in [6.45, 7) is 1.90. The zero-order chi connectivity index (χ0) is 15.7. The van der Waals surface area contributed by atoms with E-state index in [0.717, 1.165) is 12.8 Å². The highest BCUT2D eigenvalue weighted by atomic mass is 16.5. The highest BCUT2D eigenvalue weighted by Gasteiger charge is 2.12. The fourth-order valence-electron chi connectivity index (χ4n) is 1.40. The summed E-state index contributed by atoms with van der Waals surface area (Å²) in [5, 5.41) is 13.6. The highest BCUT2D eigenvalue weighted by molar-refractivity contribution is 5.97. The van der Waals surface area contributed by atoms with Crippen molar-refractivity contribution < 1.29 is 24.2 Å². The van der Waals surface area contributed by atoms with E-state index in [1.54, 1.807) is 0 Å². The summed E-state index contributed by atoms with van der Waals surface area (Å²) >= 11 is 0. The van der Waals surface area contributed by atoms with E-state index in [1.807, 2.05) is 12.2 Å². The van der Waals surface area contributed by atoms with Crippen molar-refractivity contribution in [3.05, 3.63) is 29.8 Å². The number of hydrogen-bond acceptors (Lipinski definition) is 5. The summed E-state index contributed by atoms with van der Waals surface area (Å²) in [7, 11) is 0. The van der Waals surface area contributed by atoms with Crippen molar-refractivity contribution in [3.63, 3.8) is 0 Å². The number of phenols is 1. The summed E-state index contributed by atoms with van der Waals surface area (Å²) in [4.78, 5) is 34.2. The van der Waals surface area contributed by atoms with E-state index in [9.17, 15) is 14.4 Å². The third kappa shape index (κ3) is 6.42. The van der Waals surface area contributed by atoms with Crippen LogP contribution in [-0.4, -0.2) is 36.2 Å². The van der Waals surface area contributed by atoms with Crippen molar-refractivity contribution in [1.29, 1.82) is 0 Å². The molecule has 0 aliphatic carbocycles. The van der Waals surface area contributed by atoms with Gasteiger partial charge in [-0.15, -0.1) is 0 Å². The quantitative estimate of drug-likeness (QED) is 0.539. The SMILES string of the molecule is CCCCNC(=O)NC(=O)COC(=O)c1ccc(O)cc1. The molecule has 1 aromatic carbocycles. The molecule has 0 spiro atoms. The summed E-state index contributed by atoms with van der Waals surface area (Å²) in [5.41, 5.74) is 0.202. The number of nitrogens with one attached hydrogen (secondary N) is 2. The Bertz CT molecular complexity index is 499. The lowest BCUT2D eigenvalue weighted by atomic mass is 10.2. The van der Waals surface area contributed by atoms with Gasteiger partial charge in [-0.25, -0.2) is 9.59 Å². The fraction of sp³-hybridized carbons (Fsp3) is 0.357. The number of esters is 1. The lowest BCUT2D eigenvalue weighted by Crippen LogP contribution is -2.41. The van der Waals surface area contributed by atoms with Crippen LogP contribution >= 0.6 is 0 Å². The number of imide groups is 1. The Morgan fingerprint density at radius 2 is 1.86 bits per heavy atom. The van der Waals surface area contributed by atoms with Crippen LogP contribution in [0.15, 0.2) is 24.3 Å². The van der Waals surface area contributed by atoms with Crippen LogP contribution in [0.5, 0.6) is 5.75 Å². The predicted octanol–water partition coefficient (Wildman–Crippen LogP) is 1.17. The molecule has 7 heteroatoms. The van der Waals surface area contributed by atoms with Crippen LogP contribution in [0.2, 0.25) is 0 Å². The first-order chi connectivity index (χ1) is 10.0. The smallest absolute Gasteiger partial charge is 0.338 e. The Balaban J connectivity index is 2.30. The Morgan fingerprint density at radius 1 is 1.19 bits per heavy atom. The van der Waals surface area contributed by atoms with E-state index in [-0.39, 0.29) is 11.3 Å². The number of phenolic OH excluding ortho intramolecular Hbond substituents is 1. The average molecular weight is 294 g/mol. The second-order valence-corrected chi connectivity index (χ2v) is 4.28. The highest BCUT2D eigenvalue weighted by Crippen LogP contribution is 2.10. The van der Waals surface area contributed by atoms with E-state index < -0.39 is 24.5 Å². The zero-order valence-corrected chi connectivity index (χ0v) is 11.7. The Kier molecular flexibility index (Phi) is 6.73. The van der Waals surface area contributed by atoms with E-state index in [0.29, 0.717) is 6.54 Å². The molecule has 114 valence electrons. The molecule has 7 nitrogen and oxygen atoms in total. The van der Waals surface area contributed by atoms with Crippen molar-refractivity contribution in [3.8, 4) is 5.75 Å². The van der Waals surface area contributed by atoms with Crippen LogP contribution in [0.4, 0.5) is 4.79 Å². The molecule has 0 atom stereocenters. The van der Waals surface area contributed by atoms with Gasteiger partial charge in [0.05, 0.1) is 5.56 Å². The molecule has 0 saturated carbocycles. The molecule has 0 fully saturated rings. The molecule has 0 bridgehead atoms. The molecule has 3 amide bonds. The van der Waals surface area contributed by atoms with Gasteiger partial charge in [0.25, 0.3) is 5.91 Å². The van der Waals surface area contributed by atoms with E-state index in [2.05, 4.69) is 5.32 Å². The summed E-state index contributed by atoms with van der Waals surface area (Å²) < 4.78 is 4.74. The molecule has 21 heavy (non-hydrogen) atoms. The fourth-order valence-corrected chi connectivity index (χ4v) is 1.40. The molecular formula is C14H18N2O5. The predicted molar refractivity (Wildman–Crippen MR) is 74.8 cm³/mol. The van der Waals surface area contributed by atoms with Crippen LogP contribution in [0, 0.1) is 0 Å². The van der Waals surface area contributed by atoms with Crippen molar-refractivity contribution in [2.24, 2.45) is 0 Å². The number of urea groups is 1. The number of hydrogen-bond donors (Lipinski definition) is 3. The third-order valence-electron chi connectivity index (χ3n) is 2.51. The average Bonchev–Trinajstić information content (AvgIpc) is 2.46. The standard InChI is InChI=1S/C14H18N2O5/c1-2-3-8-15-14(20)16-12(18)9-21-13(19)10-4-6-11(17)7-5-10/h4-7,17H,2-3,8-9H2,1H3,(H2,15,16,18,20). The second kappa shape index (κ2) is 8.57. The normalized spacial score (nSPS) is 9.76. The first-order valence-electron chi connectivity index (χ1n) is 6.56. The minimum Gasteiger partial charge on any atom is -0.508 e. The first-order valence-corrected chi connectivity index (χ1v) is 6.56. The van der Waals surface area contributed by atoms with Crippen molar-refractivity contribution >= 4 is 17.9 Å². The van der Waals surface area contributed by atoms with Gasteiger partial charge in [-0.05, 0) is 30.7 Å². The minimum atomic E-state index is -0.712. The minimum absolute atomic E-state index is 0.0213. The van der Waals surface area contributed by atoms with Crippen LogP contribution in [-0.2, 0) is 9.53 Å². The molecule has 0 aliphatic heterocycles. The number of benzene rings is 1. The maximum absolute atomic E-state index is 11.6. The van der Waals surface area contributed by atoms with Gasteiger partial charge in [0.2, 0.25) is 0 Å².